The lowest BCUT2D eigenvalue weighted by Gasteiger charge is -2.16. The Kier molecular flexibility index (Phi) is 4.04. The Hall–Kier alpha value is -1.33. The predicted molar refractivity (Wildman–Crippen MR) is 84.2 cm³/mol. The van der Waals surface area contributed by atoms with E-state index in [1.165, 1.54) is 19.3 Å². The number of nitrogen functional groups attached to an aromatic ring is 1. The van der Waals surface area contributed by atoms with E-state index >= 15 is 0 Å². The molecule has 3 rings (SSSR count). The maximum absolute atomic E-state index is 6.28. The van der Waals surface area contributed by atoms with Crippen molar-refractivity contribution >= 4 is 28.9 Å². The monoisotopic (exact) mass is 325 g/mol. The van der Waals surface area contributed by atoms with Gasteiger partial charge in [0.15, 0.2) is 5.82 Å². The molecule has 1 aliphatic rings. The molecule has 0 aliphatic heterocycles. The number of nitrogens with two attached hydrogens (primary N) is 1. The van der Waals surface area contributed by atoms with Crippen LogP contribution in [0.25, 0.3) is 11.4 Å². The molecule has 1 heterocycles. The van der Waals surface area contributed by atoms with Crippen LogP contribution in [0.2, 0.25) is 10.0 Å². The Morgan fingerprint density at radius 1 is 1.33 bits per heavy atom. The number of anilines is 1. The molecule has 2 N–H and O–H groups in total. The van der Waals surface area contributed by atoms with Crippen LogP contribution in [0.3, 0.4) is 0 Å². The van der Waals surface area contributed by atoms with Crippen LogP contribution in [-0.2, 0) is 6.54 Å². The van der Waals surface area contributed by atoms with Gasteiger partial charge in [-0.1, -0.05) is 43.0 Å². The molecule has 0 bridgehead atoms. The quantitative estimate of drug-likeness (QED) is 0.874. The van der Waals surface area contributed by atoms with E-state index in [1.807, 2.05) is 4.68 Å². The Morgan fingerprint density at radius 2 is 2.14 bits per heavy atom. The molecular weight excluding hydrogens is 309 g/mol. The number of tetrazole rings is 1. The van der Waals surface area contributed by atoms with Gasteiger partial charge in [-0.2, -0.15) is 0 Å². The first-order valence-corrected chi connectivity index (χ1v) is 7.83. The lowest BCUT2D eigenvalue weighted by molar-refractivity contribution is 0.346. The van der Waals surface area contributed by atoms with Crippen LogP contribution in [0.1, 0.15) is 26.2 Å². The van der Waals surface area contributed by atoms with Gasteiger partial charge >= 0.3 is 0 Å². The first-order valence-electron chi connectivity index (χ1n) is 7.07. The molecule has 1 aliphatic carbocycles. The number of aromatic nitrogens is 4. The van der Waals surface area contributed by atoms with Crippen LogP contribution in [0.15, 0.2) is 12.1 Å². The second-order valence-electron chi connectivity index (χ2n) is 5.72. The van der Waals surface area contributed by atoms with Crippen molar-refractivity contribution in [3.05, 3.63) is 22.2 Å². The summed E-state index contributed by atoms with van der Waals surface area (Å²) < 4.78 is 1.81. The highest BCUT2D eigenvalue weighted by Crippen LogP contribution is 2.36. The zero-order valence-corrected chi connectivity index (χ0v) is 13.3. The van der Waals surface area contributed by atoms with Gasteiger partial charge in [0.05, 0.1) is 10.0 Å². The first kappa shape index (κ1) is 14.6. The van der Waals surface area contributed by atoms with Gasteiger partial charge in [0.2, 0.25) is 0 Å². The molecular formula is C14H17Cl2N5. The van der Waals surface area contributed by atoms with E-state index in [2.05, 4.69) is 22.4 Å². The smallest absolute Gasteiger partial charge is 0.183 e. The normalized spacial score (nSPS) is 21.9. The molecule has 0 saturated heterocycles. The highest BCUT2D eigenvalue weighted by atomic mass is 35.5. The molecule has 1 saturated carbocycles. The minimum absolute atomic E-state index is 0.412. The average Bonchev–Trinajstić information content (AvgIpc) is 3.05. The second kappa shape index (κ2) is 5.81. The molecule has 21 heavy (non-hydrogen) atoms. The SMILES string of the molecule is CC1CCCC1Cn1nnnc1-c1cc(N)cc(Cl)c1Cl. The maximum atomic E-state index is 6.28. The molecule has 2 unspecified atom stereocenters. The van der Waals surface area contributed by atoms with Crippen molar-refractivity contribution in [1.82, 2.24) is 20.2 Å². The third-order valence-corrected chi connectivity index (χ3v) is 5.07. The van der Waals surface area contributed by atoms with Crippen LogP contribution >= 0.6 is 23.2 Å². The van der Waals surface area contributed by atoms with Gasteiger partial charge in [-0.3, -0.25) is 0 Å². The molecule has 0 amide bonds. The second-order valence-corrected chi connectivity index (χ2v) is 6.50. The zero-order valence-electron chi connectivity index (χ0n) is 11.8. The van der Waals surface area contributed by atoms with Crippen molar-refractivity contribution in [3.63, 3.8) is 0 Å². The standard InChI is InChI=1S/C14H17Cl2N5/c1-8-3-2-4-9(8)7-21-14(18-19-20-21)11-5-10(17)6-12(15)13(11)16/h5-6,8-9H,2-4,7,17H2,1H3. The van der Waals surface area contributed by atoms with E-state index in [0.29, 0.717) is 39.0 Å². The van der Waals surface area contributed by atoms with E-state index in [9.17, 15) is 0 Å². The number of halogens is 2. The summed E-state index contributed by atoms with van der Waals surface area (Å²) in [5.74, 6) is 1.91. The van der Waals surface area contributed by atoms with E-state index in [-0.39, 0.29) is 0 Å². The molecule has 0 spiro atoms. The number of hydrogen-bond donors (Lipinski definition) is 1. The molecule has 0 radical (unpaired) electrons. The number of hydrogen-bond acceptors (Lipinski definition) is 4. The van der Waals surface area contributed by atoms with Crippen molar-refractivity contribution in [2.24, 2.45) is 11.8 Å². The van der Waals surface area contributed by atoms with Crippen LogP contribution < -0.4 is 5.73 Å². The van der Waals surface area contributed by atoms with Crippen molar-refractivity contribution in [2.75, 3.05) is 5.73 Å². The van der Waals surface area contributed by atoms with Crippen LogP contribution in [0, 0.1) is 11.8 Å². The summed E-state index contributed by atoms with van der Waals surface area (Å²) in [4.78, 5) is 0. The van der Waals surface area contributed by atoms with Crippen LogP contribution in [0.5, 0.6) is 0 Å². The molecule has 5 nitrogen and oxygen atoms in total. The molecule has 7 heteroatoms. The van der Waals surface area contributed by atoms with Crippen LogP contribution in [0.4, 0.5) is 5.69 Å². The van der Waals surface area contributed by atoms with Gasteiger partial charge in [-0.25, -0.2) is 4.68 Å². The highest BCUT2D eigenvalue weighted by molar-refractivity contribution is 6.43. The van der Waals surface area contributed by atoms with Gasteiger partial charge in [-0.15, -0.1) is 5.10 Å². The van der Waals surface area contributed by atoms with Crippen molar-refractivity contribution in [1.29, 1.82) is 0 Å². The van der Waals surface area contributed by atoms with E-state index < -0.39 is 0 Å². The molecule has 2 aromatic rings. The fourth-order valence-electron chi connectivity index (χ4n) is 3.01. The maximum Gasteiger partial charge on any atom is 0.183 e. The summed E-state index contributed by atoms with van der Waals surface area (Å²) in [6, 6.07) is 3.38. The van der Waals surface area contributed by atoms with Gasteiger partial charge in [0, 0.05) is 17.8 Å². The lowest BCUT2D eigenvalue weighted by atomic mass is 9.98. The van der Waals surface area contributed by atoms with Gasteiger partial charge in [0.25, 0.3) is 0 Å². The largest absolute Gasteiger partial charge is 0.399 e. The van der Waals surface area contributed by atoms with Crippen molar-refractivity contribution in [3.8, 4) is 11.4 Å². The minimum atomic E-state index is 0.412. The molecule has 2 atom stereocenters. The fourth-order valence-corrected chi connectivity index (χ4v) is 3.43. The molecule has 112 valence electrons. The van der Waals surface area contributed by atoms with Gasteiger partial charge in [0.1, 0.15) is 0 Å². The Labute approximate surface area is 133 Å². The summed E-state index contributed by atoms with van der Waals surface area (Å²) >= 11 is 12.4. The van der Waals surface area contributed by atoms with Crippen molar-refractivity contribution in [2.45, 2.75) is 32.7 Å². The zero-order chi connectivity index (χ0) is 15.0. The number of nitrogens with zero attached hydrogens (tertiary/aromatic N) is 4. The first-order chi connectivity index (χ1) is 10.1. The molecule has 1 fully saturated rings. The third-order valence-electron chi connectivity index (χ3n) is 4.27. The molecule has 1 aromatic carbocycles. The number of rotatable bonds is 3. The Balaban J connectivity index is 1.95. The third kappa shape index (κ3) is 2.85. The van der Waals surface area contributed by atoms with Gasteiger partial charge in [-0.05, 0) is 40.8 Å². The van der Waals surface area contributed by atoms with Gasteiger partial charge < -0.3 is 5.73 Å². The Morgan fingerprint density at radius 3 is 2.86 bits per heavy atom. The summed E-state index contributed by atoms with van der Waals surface area (Å²) in [6.07, 6.45) is 3.76. The average molecular weight is 326 g/mol. The number of benzene rings is 1. The highest BCUT2D eigenvalue weighted by Gasteiger charge is 2.26. The van der Waals surface area contributed by atoms with E-state index in [0.717, 1.165) is 6.54 Å². The predicted octanol–water partition coefficient (Wildman–Crippen LogP) is 3.67. The van der Waals surface area contributed by atoms with E-state index in [1.54, 1.807) is 12.1 Å². The summed E-state index contributed by atoms with van der Waals surface area (Å²) in [7, 11) is 0. The minimum Gasteiger partial charge on any atom is -0.399 e. The lowest BCUT2D eigenvalue weighted by Crippen LogP contribution is -2.15. The fraction of sp³-hybridized carbons (Fsp3) is 0.500. The van der Waals surface area contributed by atoms with Crippen molar-refractivity contribution < 1.29 is 0 Å². The topological polar surface area (TPSA) is 69.6 Å². The van der Waals surface area contributed by atoms with E-state index in [4.69, 9.17) is 28.9 Å². The van der Waals surface area contributed by atoms with Crippen LogP contribution in [-0.4, -0.2) is 20.2 Å². The molecule has 1 aromatic heterocycles. The summed E-state index contributed by atoms with van der Waals surface area (Å²) in [5.41, 5.74) is 7.07. The summed E-state index contributed by atoms with van der Waals surface area (Å²) in [6.45, 7) is 3.08. The summed E-state index contributed by atoms with van der Waals surface area (Å²) in [5, 5.41) is 12.8. The Bertz CT molecular complexity index is 655.